The fourth-order valence-corrected chi connectivity index (χ4v) is 2.76. The third-order valence-corrected chi connectivity index (χ3v) is 4.18. The van der Waals surface area contributed by atoms with Gasteiger partial charge in [0, 0.05) is 23.7 Å². The third kappa shape index (κ3) is 4.12. The van der Waals surface area contributed by atoms with Crippen molar-refractivity contribution in [2.75, 3.05) is 0 Å². The Morgan fingerprint density at radius 1 is 1.20 bits per heavy atom. The van der Waals surface area contributed by atoms with Gasteiger partial charge in [-0.2, -0.15) is 5.10 Å². The molecule has 0 spiro atoms. The second kappa shape index (κ2) is 7.30. The number of nitrogens with one attached hydrogen (secondary N) is 1. The molecular formula is C20H22N4O. The molecule has 0 aliphatic carbocycles. The van der Waals surface area contributed by atoms with E-state index >= 15 is 0 Å². The van der Waals surface area contributed by atoms with Crippen LogP contribution < -0.4 is 5.32 Å². The van der Waals surface area contributed by atoms with Crippen LogP contribution in [0.5, 0.6) is 0 Å². The molecule has 1 N–H and O–H groups in total. The van der Waals surface area contributed by atoms with Gasteiger partial charge in [0.15, 0.2) is 0 Å². The van der Waals surface area contributed by atoms with E-state index in [1.807, 2.05) is 61.9 Å². The molecule has 0 aliphatic heterocycles. The van der Waals surface area contributed by atoms with E-state index in [0.717, 1.165) is 22.5 Å². The van der Waals surface area contributed by atoms with Gasteiger partial charge in [-0.1, -0.05) is 18.2 Å². The Morgan fingerprint density at radius 2 is 1.96 bits per heavy atom. The summed E-state index contributed by atoms with van der Waals surface area (Å²) < 4.78 is 1.97. The van der Waals surface area contributed by atoms with Crippen LogP contribution in [0.4, 0.5) is 0 Å². The van der Waals surface area contributed by atoms with E-state index in [2.05, 4.69) is 21.5 Å². The van der Waals surface area contributed by atoms with Crippen molar-refractivity contribution in [1.82, 2.24) is 20.1 Å². The van der Waals surface area contributed by atoms with E-state index in [1.54, 1.807) is 12.4 Å². The molecule has 2 heterocycles. The lowest BCUT2D eigenvalue weighted by atomic mass is 10.1. The van der Waals surface area contributed by atoms with E-state index in [4.69, 9.17) is 0 Å². The number of aryl methyl sites for hydroxylation is 2. The van der Waals surface area contributed by atoms with E-state index in [1.165, 1.54) is 0 Å². The van der Waals surface area contributed by atoms with Crippen LogP contribution in [-0.2, 0) is 6.54 Å². The van der Waals surface area contributed by atoms with Crippen molar-refractivity contribution in [2.24, 2.45) is 0 Å². The molecule has 3 rings (SSSR count). The molecule has 0 saturated heterocycles. The maximum atomic E-state index is 12.4. The topological polar surface area (TPSA) is 59.8 Å². The second-order valence-electron chi connectivity index (χ2n) is 6.26. The average Bonchev–Trinajstić information content (AvgIpc) is 2.93. The molecule has 1 aromatic carbocycles. The number of hydrogen-bond donors (Lipinski definition) is 1. The molecular weight excluding hydrogens is 312 g/mol. The number of carbonyl (C=O) groups excluding carboxylic acids is 1. The number of benzene rings is 1. The van der Waals surface area contributed by atoms with Gasteiger partial charge in [0.1, 0.15) is 0 Å². The molecule has 0 unspecified atom stereocenters. The minimum Gasteiger partial charge on any atom is -0.345 e. The number of aromatic nitrogens is 3. The monoisotopic (exact) mass is 334 g/mol. The molecule has 0 aliphatic rings. The maximum absolute atomic E-state index is 12.4. The quantitative estimate of drug-likeness (QED) is 0.777. The van der Waals surface area contributed by atoms with Crippen LogP contribution >= 0.6 is 0 Å². The van der Waals surface area contributed by atoms with Crippen LogP contribution in [0.25, 0.3) is 0 Å². The number of rotatable bonds is 5. The number of nitrogens with zero attached hydrogens (tertiary/aromatic N) is 3. The molecule has 5 heteroatoms. The summed E-state index contributed by atoms with van der Waals surface area (Å²) >= 11 is 0. The van der Waals surface area contributed by atoms with Crippen molar-refractivity contribution in [1.29, 1.82) is 0 Å². The first-order valence-electron chi connectivity index (χ1n) is 8.33. The van der Waals surface area contributed by atoms with Crippen molar-refractivity contribution >= 4 is 5.91 Å². The zero-order valence-electron chi connectivity index (χ0n) is 14.7. The molecule has 0 saturated carbocycles. The molecule has 3 aromatic rings. The highest BCUT2D eigenvalue weighted by Crippen LogP contribution is 2.13. The predicted octanol–water partition coefficient (Wildman–Crippen LogP) is 3.43. The Hall–Kier alpha value is -2.95. The number of hydrogen-bond acceptors (Lipinski definition) is 3. The summed E-state index contributed by atoms with van der Waals surface area (Å²) in [7, 11) is 0. The van der Waals surface area contributed by atoms with Crippen molar-refractivity contribution in [2.45, 2.75) is 33.4 Å². The lowest BCUT2D eigenvalue weighted by molar-refractivity contribution is 0.0940. The highest BCUT2D eigenvalue weighted by atomic mass is 16.1. The van der Waals surface area contributed by atoms with Crippen molar-refractivity contribution in [3.63, 3.8) is 0 Å². The van der Waals surface area contributed by atoms with Gasteiger partial charge in [0.05, 0.1) is 18.3 Å². The smallest absolute Gasteiger partial charge is 0.251 e. The van der Waals surface area contributed by atoms with Gasteiger partial charge in [-0.15, -0.1) is 0 Å². The second-order valence-corrected chi connectivity index (χ2v) is 6.26. The summed E-state index contributed by atoms with van der Waals surface area (Å²) in [4.78, 5) is 16.5. The van der Waals surface area contributed by atoms with Gasteiger partial charge in [0.2, 0.25) is 0 Å². The van der Waals surface area contributed by atoms with Gasteiger partial charge >= 0.3 is 0 Å². The first-order valence-corrected chi connectivity index (χ1v) is 8.33. The van der Waals surface area contributed by atoms with Gasteiger partial charge in [-0.3, -0.25) is 14.5 Å². The van der Waals surface area contributed by atoms with E-state index in [9.17, 15) is 4.79 Å². The summed E-state index contributed by atoms with van der Waals surface area (Å²) in [5, 5.41) is 7.47. The molecule has 2 aromatic heterocycles. The summed E-state index contributed by atoms with van der Waals surface area (Å²) in [6.45, 7) is 6.68. The number of amides is 1. The molecule has 25 heavy (non-hydrogen) atoms. The van der Waals surface area contributed by atoms with Crippen LogP contribution in [0.1, 0.15) is 45.8 Å². The van der Waals surface area contributed by atoms with Gasteiger partial charge in [0.25, 0.3) is 5.91 Å². The van der Waals surface area contributed by atoms with Gasteiger partial charge in [-0.05, 0) is 56.2 Å². The van der Waals surface area contributed by atoms with Crippen LogP contribution in [0.2, 0.25) is 0 Å². The highest BCUT2D eigenvalue weighted by molar-refractivity contribution is 5.94. The van der Waals surface area contributed by atoms with Gasteiger partial charge in [-0.25, -0.2) is 0 Å². The summed E-state index contributed by atoms with van der Waals surface area (Å²) in [6, 6.07) is 13.4. The molecule has 128 valence electrons. The Bertz CT molecular complexity index is 853. The maximum Gasteiger partial charge on any atom is 0.251 e. The Kier molecular flexibility index (Phi) is 4.93. The molecule has 1 atom stereocenters. The first kappa shape index (κ1) is 16.9. The summed E-state index contributed by atoms with van der Waals surface area (Å²) in [5.41, 5.74) is 4.88. The minimum atomic E-state index is -0.0889. The normalized spacial score (nSPS) is 12.0. The Balaban J connectivity index is 1.65. The molecule has 0 radical (unpaired) electrons. The summed E-state index contributed by atoms with van der Waals surface area (Å²) in [5.74, 6) is -0.0889. The highest BCUT2D eigenvalue weighted by Gasteiger charge is 2.11. The SMILES string of the molecule is Cc1cc(C)n(Cc2ccc(C(=O)N[C@@H](C)c3cccnc3)cc2)n1. The Labute approximate surface area is 147 Å². The minimum absolute atomic E-state index is 0.0874. The predicted molar refractivity (Wildman–Crippen MR) is 97.4 cm³/mol. The van der Waals surface area contributed by atoms with E-state index in [0.29, 0.717) is 12.1 Å². The van der Waals surface area contributed by atoms with Crippen LogP contribution in [0, 0.1) is 13.8 Å². The largest absolute Gasteiger partial charge is 0.345 e. The number of pyridine rings is 1. The van der Waals surface area contributed by atoms with Crippen molar-refractivity contribution in [3.8, 4) is 0 Å². The zero-order chi connectivity index (χ0) is 17.8. The van der Waals surface area contributed by atoms with E-state index in [-0.39, 0.29) is 11.9 Å². The Morgan fingerprint density at radius 3 is 2.56 bits per heavy atom. The van der Waals surface area contributed by atoms with Crippen LogP contribution in [0.3, 0.4) is 0 Å². The fourth-order valence-electron chi connectivity index (χ4n) is 2.76. The number of carbonyl (C=O) groups is 1. The standard InChI is InChI=1S/C20H22N4O/c1-14-11-15(2)24(23-14)13-17-6-8-18(9-7-17)20(25)22-16(3)19-5-4-10-21-12-19/h4-12,16H,13H2,1-3H3,(H,22,25)/t16-/m0/s1. The lowest BCUT2D eigenvalue weighted by Crippen LogP contribution is -2.26. The summed E-state index contributed by atoms with van der Waals surface area (Å²) in [6.07, 6.45) is 3.49. The zero-order valence-corrected chi connectivity index (χ0v) is 14.7. The molecule has 0 bridgehead atoms. The van der Waals surface area contributed by atoms with Gasteiger partial charge < -0.3 is 5.32 Å². The van der Waals surface area contributed by atoms with Crippen molar-refractivity contribution < 1.29 is 4.79 Å². The molecule has 1 amide bonds. The average molecular weight is 334 g/mol. The molecule has 0 fully saturated rings. The van der Waals surface area contributed by atoms with E-state index < -0.39 is 0 Å². The van der Waals surface area contributed by atoms with Crippen molar-refractivity contribution in [3.05, 3.63) is 82.9 Å². The van der Waals surface area contributed by atoms with Crippen LogP contribution in [0.15, 0.2) is 54.9 Å². The van der Waals surface area contributed by atoms with Crippen LogP contribution in [-0.4, -0.2) is 20.7 Å². The fraction of sp³-hybridized carbons (Fsp3) is 0.250. The molecule has 5 nitrogen and oxygen atoms in total. The first-order chi connectivity index (χ1) is 12.0. The third-order valence-electron chi connectivity index (χ3n) is 4.18. The lowest BCUT2D eigenvalue weighted by Gasteiger charge is -2.14.